The van der Waals surface area contributed by atoms with Gasteiger partial charge in [-0.1, -0.05) is 0 Å². The molecule has 0 radical (unpaired) electrons. The van der Waals surface area contributed by atoms with Gasteiger partial charge in [-0.05, 0) is 0 Å². The average molecular weight is 255 g/mol. The average Bonchev–Trinajstić information content (AvgIpc) is 1.47. The first-order chi connectivity index (χ1) is 5.44. The summed E-state index contributed by atoms with van der Waals surface area (Å²) in [5.41, 5.74) is 0. The highest BCUT2D eigenvalue weighted by Crippen LogP contribution is 1.98. The molecule has 0 aliphatic carbocycles. The summed E-state index contributed by atoms with van der Waals surface area (Å²) in [4.78, 5) is 14.2. The van der Waals surface area contributed by atoms with Gasteiger partial charge in [0.05, 0.1) is 12.5 Å². The van der Waals surface area contributed by atoms with Crippen molar-refractivity contribution < 1.29 is 34.8 Å². The second kappa shape index (κ2) is 5.58. The van der Waals surface area contributed by atoms with E-state index in [4.69, 9.17) is 14.4 Å². The highest BCUT2D eigenvalue weighted by molar-refractivity contribution is 7.99. The Kier molecular flexibility index (Phi) is 6.59. The van der Waals surface area contributed by atoms with Gasteiger partial charge in [-0.2, -0.15) is 16.8 Å². The zero-order valence-corrected chi connectivity index (χ0v) is 9.14. The van der Waals surface area contributed by atoms with E-state index in [1.807, 2.05) is 0 Å². The Morgan fingerprint density at radius 1 is 1.00 bits per heavy atom. The van der Waals surface area contributed by atoms with Crippen molar-refractivity contribution in [1.29, 1.82) is 0 Å². The fourth-order valence-electron chi connectivity index (χ4n) is 0.225. The summed E-state index contributed by atoms with van der Waals surface area (Å²) in [5.74, 6) is 0. The maximum atomic E-state index is 10.0. The molecule has 0 atom stereocenters. The third kappa shape index (κ3) is 33.5. The molecule has 0 saturated heterocycles. The van der Waals surface area contributed by atoms with Crippen molar-refractivity contribution in [2.24, 2.45) is 0 Å². The number of hydrogen-bond donors (Lipinski definition) is 2. The van der Waals surface area contributed by atoms with Crippen LogP contribution in [0.1, 0.15) is 0 Å². The SMILES string of the molecule is CS(=O)(=O)OS(C)(=O)=O.O=[P+](O)O. The maximum Gasteiger partial charge on any atom is 0.692 e. The predicted molar refractivity (Wildman–Crippen MR) is 42.8 cm³/mol. The van der Waals surface area contributed by atoms with Gasteiger partial charge >= 0.3 is 8.25 Å². The summed E-state index contributed by atoms with van der Waals surface area (Å²) in [6.07, 6.45) is 1.32. The lowest BCUT2D eigenvalue weighted by Gasteiger charge is -1.92. The van der Waals surface area contributed by atoms with Gasteiger partial charge in [0.15, 0.2) is 0 Å². The van der Waals surface area contributed by atoms with Crippen LogP contribution < -0.4 is 0 Å². The molecule has 0 bridgehead atoms. The lowest BCUT2D eigenvalue weighted by atomic mass is 12.0. The van der Waals surface area contributed by atoms with E-state index >= 15 is 0 Å². The standard InChI is InChI=1S/C2H6O5S2.HO3P/c1-8(3,4)7-9(2,5)6;1-4(2)3/h1-2H3;(H-,1,2,3)/p+1. The zero-order valence-electron chi connectivity index (χ0n) is 6.61. The lowest BCUT2D eigenvalue weighted by molar-refractivity contribution is 0.405. The van der Waals surface area contributed by atoms with Crippen LogP contribution >= 0.6 is 8.25 Å². The topological polar surface area (TPSA) is 135 Å². The molecule has 2 N–H and O–H groups in total. The highest BCUT2D eigenvalue weighted by Gasteiger charge is 2.10. The van der Waals surface area contributed by atoms with E-state index in [2.05, 4.69) is 3.63 Å². The van der Waals surface area contributed by atoms with Gasteiger partial charge in [-0.25, -0.2) is 0 Å². The van der Waals surface area contributed by atoms with Crippen LogP contribution in [-0.4, -0.2) is 39.1 Å². The van der Waals surface area contributed by atoms with Crippen molar-refractivity contribution >= 4 is 28.5 Å². The summed E-state index contributed by atoms with van der Waals surface area (Å²) in [5, 5.41) is 0. The third-order valence-corrected chi connectivity index (χ3v) is 2.22. The molecule has 0 heterocycles. The molecule has 0 aromatic carbocycles. The fraction of sp³-hybridized carbons (Fsp3) is 1.00. The summed E-state index contributed by atoms with van der Waals surface area (Å²) in [6.45, 7) is 0. The van der Waals surface area contributed by atoms with E-state index in [1.54, 1.807) is 0 Å². The Hall–Kier alpha value is -0.120. The first-order valence-corrected chi connectivity index (χ1v) is 7.20. The molecule has 80 valence electrons. The first-order valence-electron chi connectivity index (χ1n) is 2.40. The van der Waals surface area contributed by atoms with Crippen LogP contribution in [0.25, 0.3) is 0 Å². The normalized spacial score (nSPS) is 11.4. The second-order valence-corrected chi connectivity index (χ2v) is 5.60. The van der Waals surface area contributed by atoms with Gasteiger partial charge in [-0.15, -0.1) is 13.4 Å². The minimum atomic E-state index is -3.87. The zero-order chi connectivity index (χ0) is 11.3. The quantitative estimate of drug-likeness (QED) is 0.572. The van der Waals surface area contributed by atoms with Crippen LogP contribution in [0.15, 0.2) is 0 Å². The molecule has 11 heteroatoms. The monoisotopic (exact) mass is 255 g/mol. The van der Waals surface area contributed by atoms with Crippen molar-refractivity contribution in [2.45, 2.75) is 0 Å². The highest BCUT2D eigenvalue weighted by atomic mass is 32.3. The van der Waals surface area contributed by atoms with Gasteiger partial charge in [0.1, 0.15) is 0 Å². The molecule has 0 unspecified atom stereocenters. The predicted octanol–water partition coefficient (Wildman–Crippen LogP) is -1.45. The van der Waals surface area contributed by atoms with Crippen LogP contribution in [0.2, 0.25) is 0 Å². The van der Waals surface area contributed by atoms with E-state index in [-0.39, 0.29) is 0 Å². The molecule has 0 aliphatic heterocycles. The van der Waals surface area contributed by atoms with Crippen molar-refractivity contribution in [2.75, 3.05) is 12.5 Å². The molecule has 0 fully saturated rings. The van der Waals surface area contributed by atoms with Crippen molar-refractivity contribution in [3.63, 3.8) is 0 Å². The molecule has 0 saturated carbocycles. The molecule has 0 rings (SSSR count). The van der Waals surface area contributed by atoms with Crippen molar-refractivity contribution in [3.8, 4) is 0 Å². The van der Waals surface area contributed by atoms with E-state index < -0.39 is 28.5 Å². The summed E-state index contributed by atoms with van der Waals surface area (Å²) in [7, 11) is -10.6. The van der Waals surface area contributed by atoms with Crippen molar-refractivity contribution in [3.05, 3.63) is 0 Å². The second-order valence-electron chi connectivity index (χ2n) is 1.73. The minimum Gasteiger partial charge on any atom is -0.199 e. The molecule has 0 amide bonds. The third-order valence-electron chi connectivity index (χ3n) is 0.247. The van der Waals surface area contributed by atoms with Gasteiger partial charge in [0.2, 0.25) is 0 Å². The number of hydrogen-bond acceptors (Lipinski definition) is 6. The Morgan fingerprint density at radius 2 is 1.15 bits per heavy atom. The molecule has 0 aromatic heterocycles. The first kappa shape index (κ1) is 15.4. The van der Waals surface area contributed by atoms with Crippen LogP contribution in [0.3, 0.4) is 0 Å². The molecule has 8 nitrogen and oxygen atoms in total. The smallest absolute Gasteiger partial charge is 0.199 e. The van der Waals surface area contributed by atoms with E-state index in [0.717, 1.165) is 0 Å². The van der Waals surface area contributed by atoms with Crippen LogP contribution in [-0.2, 0) is 28.4 Å². The van der Waals surface area contributed by atoms with Gasteiger partial charge in [-0.3, -0.25) is 0 Å². The minimum absolute atomic E-state index is 0.661. The number of rotatable bonds is 2. The van der Waals surface area contributed by atoms with E-state index in [1.165, 1.54) is 0 Å². The molecule has 0 aromatic rings. The molecule has 0 aliphatic rings. The summed E-state index contributed by atoms with van der Waals surface area (Å²) in [6, 6.07) is 0. The Morgan fingerprint density at radius 3 is 1.15 bits per heavy atom. The van der Waals surface area contributed by atoms with Crippen molar-refractivity contribution in [1.82, 2.24) is 0 Å². The van der Waals surface area contributed by atoms with Crippen LogP contribution in [0.4, 0.5) is 0 Å². The fourth-order valence-corrected chi connectivity index (χ4v) is 2.02. The van der Waals surface area contributed by atoms with E-state index in [9.17, 15) is 16.8 Å². The molecule has 13 heavy (non-hydrogen) atoms. The summed E-state index contributed by atoms with van der Waals surface area (Å²) >= 11 is 0. The maximum absolute atomic E-state index is 10.0. The molecule has 0 spiro atoms. The van der Waals surface area contributed by atoms with Gasteiger partial charge < -0.3 is 0 Å². The Balaban J connectivity index is 0. The summed E-state index contributed by atoms with van der Waals surface area (Å²) < 4.78 is 52.5. The van der Waals surface area contributed by atoms with Gasteiger partial charge in [0.25, 0.3) is 20.2 Å². The van der Waals surface area contributed by atoms with E-state index in [0.29, 0.717) is 12.5 Å². The van der Waals surface area contributed by atoms with Gasteiger partial charge in [0, 0.05) is 4.57 Å². The Labute approximate surface area is 76.4 Å². The van der Waals surface area contributed by atoms with Crippen LogP contribution in [0.5, 0.6) is 0 Å². The molecular weight excluding hydrogens is 247 g/mol. The lowest BCUT2D eigenvalue weighted by Crippen LogP contribution is -2.09. The molecular formula is C2H8O8PS2+. The largest absolute Gasteiger partial charge is 0.692 e. The Bertz CT molecular complexity index is 316. The van der Waals surface area contributed by atoms with Crippen LogP contribution in [0, 0.1) is 0 Å².